The van der Waals surface area contributed by atoms with Crippen molar-refractivity contribution < 1.29 is 9.15 Å². The lowest BCUT2D eigenvalue weighted by Crippen LogP contribution is -2.46. The molecule has 4 rings (SSSR count). The molecule has 0 amide bonds. The second-order valence-corrected chi connectivity index (χ2v) is 7.38. The number of aliphatic imine (C=N–C) groups is 1. The standard InChI is InChI=1S/C21H27N7O2/c1-14-4-6-15(7-5-14)20-24-17(12-30-20)10-23-21(22-2)25-16-8-9-19-26-18(13-29-3)27-28(19)11-16/h4-7,12,16H,8-11,13H2,1-3H3,(H2,22,23,25). The molecule has 2 N–H and O–H groups in total. The zero-order chi connectivity index (χ0) is 20.9. The summed E-state index contributed by atoms with van der Waals surface area (Å²) < 4.78 is 12.7. The fourth-order valence-corrected chi connectivity index (χ4v) is 3.45. The minimum atomic E-state index is 0.223. The SMILES string of the molecule is CN=C(NCc1coc(-c2ccc(C)cc2)n1)NC1CCc2nc(COC)nn2C1. The number of fused-ring (bicyclic) bond motifs is 1. The van der Waals surface area contributed by atoms with Gasteiger partial charge in [0.15, 0.2) is 11.8 Å². The van der Waals surface area contributed by atoms with Crippen molar-refractivity contribution >= 4 is 5.96 Å². The van der Waals surface area contributed by atoms with Crippen LogP contribution in [0, 0.1) is 6.92 Å². The van der Waals surface area contributed by atoms with Gasteiger partial charge in [-0.1, -0.05) is 17.7 Å². The highest BCUT2D eigenvalue weighted by Crippen LogP contribution is 2.19. The van der Waals surface area contributed by atoms with Crippen molar-refractivity contribution in [2.75, 3.05) is 14.2 Å². The first-order valence-corrected chi connectivity index (χ1v) is 10.0. The van der Waals surface area contributed by atoms with Crippen LogP contribution >= 0.6 is 0 Å². The third-order valence-corrected chi connectivity index (χ3v) is 5.03. The van der Waals surface area contributed by atoms with Crippen LogP contribution in [0.15, 0.2) is 39.9 Å². The first-order valence-electron chi connectivity index (χ1n) is 10.0. The van der Waals surface area contributed by atoms with E-state index in [1.807, 2.05) is 28.9 Å². The number of hydrogen-bond donors (Lipinski definition) is 2. The molecule has 3 heterocycles. The van der Waals surface area contributed by atoms with Crippen molar-refractivity contribution in [2.24, 2.45) is 4.99 Å². The molecule has 1 unspecified atom stereocenters. The fraction of sp³-hybridized carbons (Fsp3) is 0.429. The Hall–Kier alpha value is -3.20. The van der Waals surface area contributed by atoms with E-state index in [2.05, 4.69) is 37.6 Å². The van der Waals surface area contributed by atoms with Gasteiger partial charge in [0.25, 0.3) is 0 Å². The zero-order valence-electron chi connectivity index (χ0n) is 17.6. The first-order chi connectivity index (χ1) is 14.6. The number of guanidine groups is 1. The van der Waals surface area contributed by atoms with Crippen LogP contribution in [-0.2, 0) is 30.9 Å². The van der Waals surface area contributed by atoms with Crippen LogP contribution in [0.5, 0.6) is 0 Å². The molecule has 30 heavy (non-hydrogen) atoms. The lowest BCUT2D eigenvalue weighted by atomic mass is 10.1. The van der Waals surface area contributed by atoms with Crippen LogP contribution in [0.25, 0.3) is 11.5 Å². The summed E-state index contributed by atoms with van der Waals surface area (Å²) in [5.74, 6) is 3.08. The van der Waals surface area contributed by atoms with E-state index in [1.165, 1.54) is 5.56 Å². The number of rotatable bonds is 6. The van der Waals surface area contributed by atoms with Crippen molar-refractivity contribution in [1.29, 1.82) is 0 Å². The number of methoxy groups -OCH3 is 1. The Balaban J connectivity index is 1.32. The molecule has 1 aliphatic rings. The van der Waals surface area contributed by atoms with Crippen LogP contribution in [0.2, 0.25) is 0 Å². The lowest BCUT2D eigenvalue weighted by Gasteiger charge is -2.25. The first kappa shape index (κ1) is 20.1. The van der Waals surface area contributed by atoms with Gasteiger partial charge in [-0.05, 0) is 25.5 Å². The predicted octanol–water partition coefficient (Wildman–Crippen LogP) is 2.07. The molecule has 0 bridgehead atoms. The molecule has 0 saturated carbocycles. The number of aromatic nitrogens is 4. The van der Waals surface area contributed by atoms with E-state index >= 15 is 0 Å². The largest absolute Gasteiger partial charge is 0.444 e. The van der Waals surface area contributed by atoms with Gasteiger partial charge in [0.2, 0.25) is 5.89 Å². The van der Waals surface area contributed by atoms with E-state index in [9.17, 15) is 0 Å². The maximum atomic E-state index is 5.63. The van der Waals surface area contributed by atoms with Crippen molar-refractivity contribution in [3.8, 4) is 11.5 Å². The minimum absolute atomic E-state index is 0.223. The van der Waals surface area contributed by atoms with Crippen molar-refractivity contribution in [1.82, 2.24) is 30.4 Å². The maximum Gasteiger partial charge on any atom is 0.226 e. The van der Waals surface area contributed by atoms with Crippen molar-refractivity contribution in [2.45, 2.75) is 45.5 Å². The number of oxazole rings is 1. The van der Waals surface area contributed by atoms with E-state index in [0.29, 0.717) is 19.0 Å². The number of aryl methyl sites for hydroxylation is 2. The summed E-state index contributed by atoms with van der Waals surface area (Å²) in [5.41, 5.74) is 2.99. The van der Waals surface area contributed by atoms with E-state index in [0.717, 1.165) is 48.3 Å². The van der Waals surface area contributed by atoms with Gasteiger partial charge in [-0.2, -0.15) is 5.10 Å². The summed E-state index contributed by atoms with van der Waals surface area (Å²) in [6, 6.07) is 8.34. The average molecular weight is 409 g/mol. The molecule has 0 radical (unpaired) electrons. The van der Waals surface area contributed by atoms with Crippen LogP contribution in [0.3, 0.4) is 0 Å². The summed E-state index contributed by atoms with van der Waals surface area (Å²) in [6.45, 7) is 3.76. The zero-order valence-corrected chi connectivity index (χ0v) is 17.6. The summed E-state index contributed by atoms with van der Waals surface area (Å²) in [4.78, 5) is 13.4. The molecule has 1 aromatic carbocycles. The summed E-state index contributed by atoms with van der Waals surface area (Å²) in [5, 5.41) is 11.3. The predicted molar refractivity (Wildman–Crippen MR) is 113 cm³/mol. The quantitative estimate of drug-likeness (QED) is 0.475. The molecular formula is C21H27N7O2. The highest BCUT2D eigenvalue weighted by Gasteiger charge is 2.22. The molecule has 0 aliphatic carbocycles. The smallest absolute Gasteiger partial charge is 0.226 e. The number of nitrogens with zero attached hydrogens (tertiary/aromatic N) is 5. The summed E-state index contributed by atoms with van der Waals surface area (Å²) in [7, 11) is 3.41. The third kappa shape index (κ3) is 4.68. The van der Waals surface area contributed by atoms with Crippen molar-refractivity contribution in [3.05, 3.63) is 53.4 Å². The summed E-state index contributed by atoms with van der Waals surface area (Å²) in [6.07, 6.45) is 3.51. The van der Waals surface area contributed by atoms with Gasteiger partial charge >= 0.3 is 0 Å². The van der Waals surface area contributed by atoms with Gasteiger partial charge in [0.05, 0.1) is 18.8 Å². The Morgan fingerprint density at radius 2 is 2.13 bits per heavy atom. The fourth-order valence-electron chi connectivity index (χ4n) is 3.45. The number of nitrogens with one attached hydrogen (secondary N) is 2. The molecule has 158 valence electrons. The molecule has 1 atom stereocenters. The van der Waals surface area contributed by atoms with E-state index in [1.54, 1.807) is 20.4 Å². The second kappa shape index (κ2) is 9.08. The molecular weight excluding hydrogens is 382 g/mol. The molecule has 9 heteroatoms. The topological polar surface area (TPSA) is 102 Å². The van der Waals surface area contributed by atoms with Crippen LogP contribution < -0.4 is 10.6 Å². The van der Waals surface area contributed by atoms with E-state index in [-0.39, 0.29) is 6.04 Å². The van der Waals surface area contributed by atoms with Gasteiger partial charge in [-0.25, -0.2) is 14.6 Å². The van der Waals surface area contributed by atoms with Gasteiger partial charge in [0, 0.05) is 32.2 Å². The van der Waals surface area contributed by atoms with Gasteiger partial charge in [0.1, 0.15) is 18.7 Å². The second-order valence-electron chi connectivity index (χ2n) is 7.38. The summed E-state index contributed by atoms with van der Waals surface area (Å²) >= 11 is 0. The Labute approximate surface area is 175 Å². The Morgan fingerprint density at radius 3 is 2.90 bits per heavy atom. The molecule has 2 aromatic heterocycles. The highest BCUT2D eigenvalue weighted by atomic mass is 16.5. The van der Waals surface area contributed by atoms with Gasteiger partial charge < -0.3 is 19.8 Å². The molecule has 9 nitrogen and oxygen atoms in total. The third-order valence-electron chi connectivity index (χ3n) is 5.03. The molecule has 0 fully saturated rings. The van der Waals surface area contributed by atoms with Gasteiger partial charge in [-0.3, -0.25) is 4.99 Å². The van der Waals surface area contributed by atoms with Crippen LogP contribution in [0.4, 0.5) is 0 Å². The highest BCUT2D eigenvalue weighted by molar-refractivity contribution is 5.79. The molecule has 0 spiro atoms. The Bertz CT molecular complexity index is 1010. The maximum absolute atomic E-state index is 5.63. The molecule has 1 aliphatic heterocycles. The van der Waals surface area contributed by atoms with Gasteiger partial charge in [-0.15, -0.1) is 0 Å². The average Bonchev–Trinajstić information content (AvgIpc) is 3.38. The Kier molecular flexibility index (Phi) is 6.08. The minimum Gasteiger partial charge on any atom is -0.444 e. The number of ether oxygens (including phenoxy) is 1. The number of benzene rings is 1. The monoisotopic (exact) mass is 409 g/mol. The van der Waals surface area contributed by atoms with E-state index in [4.69, 9.17) is 9.15 Å². The normalized spacial score (nSPS) is 16.4. The van der Waals surface area contributed by atoms with Crippen LogP contribution in [0.1, 0.15) is 29.3 Å². The number of hydrogen-bond acceptors (Lipinski definition) is 6. The van der Waals surface area contributed by atoms with Crippen molar-refractivity contribution in [3.63, 3.8) is 0 Å². The van der Waals surface area contributed by atoms with Crippen LogP contribution in [-0.4, -0.2) is 45.9 Å². The molecule has 3 aromatic rings. The molecule has 0 saturated heterocycles. The lowest BCUT2D eigenvalue weighted by molar-refractivity contribution is 0.177. The Morgan fingerprint density at radius 1 is 1.30 bits per heavy atom. The van der Waals surface area contributed by atoms with E-state index < -0.39 is 0 Å².